The topological polar surface area (TPSA) is 31.4 Å². The fourth-order valence-electron chi connectivity index (χ4n) is 4.90. The molecule has 0 radical (unpaired) electrons. The van der Waals surface area contributed by atoms with E-state index in [1.165, 1.54) is 6.07 Å². The summed E-state index contributed by atoms with van der Waals surface area (Å²) in [5.41, 5.74) is 7.28. The van der Waals surface area contributed by atoms with Crippen molar-refractivity contribution >= 4 is 33.9 Å². The van der Waals surface area contributed by atoms with E-state index >= 15 is 4.39 Å². The molecule has 0 fully saturated rings. The standard InChI is InChI=1S/C30H23ClFN3/c1-19-11-16-25(32)24(17-19)30-29(23-9-5-6-10-26(23)33-30)27-18-28(20-12-14-21(31)15-13-20)35(34-27)22-7-3-2-4-8-22/h2-17,28,33H,18H2,1H3. The fraction of sp³-hybridized carbons (Fsp3) is 0.100. The third kappa shape index (κ3) is 3.90. The lowest BCUT2D eigenvalue weighted by atomic mass is 9.94. The Morgan fingerprint density at radius 3 is 2.46 bits per heavy atom. The molecule has 1 atom stereocenters. The largest absolute Gasteiger partial charge is 0.354 e. The van der Waals surface area contributed by atoms with Crippen molar-refractivity contribution in [3.63, 3.8) is 0 Å². The zero-order valence-corrected chi connectivity index (χ0v) is 19.9. The maximum atomic E-state index is 15.1. The highest BCUT2D eigenvalue weighted by molar-refractivity contribution is 6.30. The molecule has 0 saturated heterocycles. The molecule has 4 aromatic carbocycles. The number of aryl methyl sites for hydroxylation is 1. The normalized spacial score (nSPS) is 15.6. The zero-order valence-electron chi connectivity index (χ0n) is 19.2. The van der Waals surface area contributed by atoms with Gasteiger partial charge in [0.15, 0.2) is 0 Å². The average molecular weight is 480 g/mol. The minimum atomic E-state index is -0.254. The Morgan fingerprint density at radius 2 is 1.66 bits per heavy atom. The van der Waals surface area contributed by atoms with Crippen LogP contribution in [0.2, 0.25) is 5.02 Å². The third-order valence-corrected chi connectivity index (χ3v) is 6.82. The van der Waals surface area contributed by atoms with Crippen LogP contribution in [0, 0.1) is 12.7 Å². The lowest BCUT2D eigenvalue weighted by Crippen LogP contribution is -2.18. The van der Waals surface area contributed by atoms with Crippen LogP contribution in [0.4, 0.5) is 10.1 Å². The highest BCUT2D eigenvalue weighted by Gasteiger charge is 2.33. The SMILES string of the molecule is Cc1ccc(F)c(-c2[nH]c3ccccc3c2C2=NN(c3ccccc3)C(c3ccc(Cl)cc3)C2)c1. The zero-order chi connectivity index (χ0) is 23.9. The predicted octanol–water partition coefficient (Wildman–Crippen LogP) is 8.29. The molecule has 0 amide bonds. The van der Waals surface area contributed by atoms with E-state index < -0.39 is 0 Å². The van der Waals surface area contributed by atoms with Gasteiger partial charge in [-0.25, -0.2) is 4.39 Å². The summed E-state index contributed by atoms with van der Waals surface area (Å²) < 4.78 is 15.1. The molecule has 0 bridgehead atoms. The second-order valence-corrected chi connectivity index (χ2v) is 9.34. The molecule has 1 N–H and O–H groups in total. The van der Waals surface area contributed by atoms with Crippen LogP contribution in [-0.4, -0.2) is 10.7 Å². The summed E-state index contributed by atoms with van der Waals surface area (Å²) in [5, 5.41) is 8.95. The Morgan fingerprint density at radius 1 is 0.914 bits per heavy atom. The molecule has 0 spiro atoms. The monoisotopic (exact) mass is 479 g/mol. The molecule has 1 aliphatic rings. The number of nitrogens with one attached hydrogen (secondary N) is 1. The molecule has 35 heavy (non-hydrogen) atoms. The van der Waals surface area contributed by atoms with Crippen molar-refractivity contribution in [2.24, 2.45) is 5.10 Å². The molecule has 1 unspecified atom stereocenters. The van der Waals surface area contributed by atoms with E-state index in [0.717, 1.165) is 44.7 Å². The van der Waals surface area contributed by atoms with E-state index in [-0.39, 0.29) is 11.9 Å². The molecule has 1 aromatic heterocycles. The molecule has 0 saturated carbocycles. The summed E-state index contributed by atoms with van der Waals surface area (Å²) >= 11 is 6.18. The van der Waals surface area contributed by atoms with Crippen molar-refractivity contribution in [1.29, 1.82) is 0 Å². The summed E-state index contributed by atoms with van der Waals surface area (Å²) in [5.74, 6) is -0.254. The van der Waals surface area contributed by atoms with Crippen LogP contribution in [0.5, 0.6) is 0 Å². The number of hydrogen-bond acceptors (Lipinski definition) is 2. The van der Waals surface area contributed by atoms with Crippen LogP contribution >= 0.6 is 11.6 Å². The number of para-hydroxylation sites is 2. The van der Waals surface area contributed by atoms with Gasteiger partial charge in [-0.15, -0.1) is 0 Å². The predicted molar refractivity (Wildman–Crippen MR) is 143 cm³/mol. The van der Waals surface area contributed by atoms with Crippen molar-refractivity contribution < 1.29 is 4.39 Å². The molecule has 172 valence electrons. The molecule has 5 aromatic rings. The van der Waals surface area contributed by atoms with E-state index in [1.807, 2.05) is 61.5 Å². The Labute approximate surface area is 208 Å². The van der Waals surface area contributed by atoms with Crippen molar-refractivity contribution in [3.8, 4) is 11.3 Å². The van der Waals surface area contributed by atoms with Crippen molar-refractivity contribution in [2.45, 2.75) is 19.4 Å². The van der Waals surface area contributed by atoms with Gasteiger partial charge in [-0.1, -0.05) is 71.8 Å². The van der Waals surface area contributed by atoms with Crippen molar-refractivity contribution in [1.82, 2.24) is 4.98 Å². The Balaban J connectivity index is 1.55. The molecule has 5 heteroatoms. The minimum Gasteiger partial charge on any atom is -0.354 e. The number of halogens is 2. The van der Waals surface area contributed by atoms with Crippen molar-refractivity contribution in [2.75, 3.05) is 5.01 Å². The highest BCUT2D eigenvalue weighted by Crippen LogP contribution is 2.41. The maximum Gasteiger partial charge on any atom is 0.132 e. The fourth-order valence-corrected chi connectivity index (χ4v) is 5.03. The van der Waals surface area contributed by atoms with E-state index in [2.05, 4.69) is 40.3 Å². The van der Waals surface area contributed by atoms with E-state index in [1.54, 1.807) is 6.07 Å². The number of benzene rings is 4. The first-order valence-corrected chi connectivity index (χ1v) is 12.0. The summed E-state index contributed by atoms with van der Waals surface area (Å²) in [6.45, 7) is 1.98. The van der Waals surface area contributed by atoms with Gasteiger partial charge in [-0.2, -0.15) is 5.10 Å². The number of hydrazone groups is 1. The molecule has 1 aliphatic heterocycles. The number of fused-ring (bicyclic) bond motifs is 1. The smallest absolute Gasteiger partial charge is 0.132 e. The second kappa shape index (κ2) is 8.71. The maximum absolute atomic E-state index is 15.1. The lowest BCUT2D eigenvalue weighted by Gasteiger charge is -2.24. The van der Waals surface area contributed by atoms with Gasteiger partial charge < -0.3 is 4.98 Å². The van der Waals surface area contributed by atoms with Crippen LogP contribution in [-0.2, 0) is 0 Å². The van der Waals surface area contributed by atoms with Crippen LogP contribution in [0.1, 0.15) is 29.2 Å². The van der Waals surface area contributed by atoms with Gasteiger partial charge in [0.2, 0.25) is 0 Å². The van der Waals surface area contributed by atoms with Crippen LogP contribution in [0.25, 0.3) is 22.2 Å². The van der Waals surface area contributed by atoms with E-state index in [9.17, 15) is 0 Å². The molecular formula is C30H23ClFN3. The summed E-state index contributed by atoms with van der Waals surface area (Å²) in [4.78, 5) is 3.49. The van der Waals surface area contributed by atoms with Gasteiger partial charge in [-0.05, 0) is 55.0 Å². The van der Waals surface area contributed by atoms with Gasteiger partial charge in [0.25, 0.3) is 0 Å². The Hall–Kier alpha value is -3.89. The minimum absolute atomic E-state index is 0.00599. The molecule has 2 heterocycles. The summed E-state index contributed by atoms with van der Waals surface area (Å²) in [6.07, 6.45) is 0.679. The number of rotatable bonds is 4. The van der Waals surface area contributed by atoms with Gasteiger partial charge in [0.1, 0.15) is 5.82 Å². The van der Waals surface area contributed by atoms with Gasteiger partial charge in [0.05, 0.1) is 23.1 Å². The first-order chi connectivity index (χ1) is 17.1. The second-order valence-electron chi connectivity index (χ2n) is 8.90. The quantitative estimate of drug-likeness (QED) is 0.276. The molecule has 6 rings (SSSR count). The highest BCUT2D eigenvalue weighted by atomic mass is 35.5. The molecular weight excluding hydrogens is 457 g/mol. The van der Waals surface area contributed by atoms with Crippen molar-refractivity contribution in [3.05, 3.63) is 125 Å². The number of H-pyrrole nitrogens is 1. The first-order valence-electron chi connectivity index (χ1n) is 11.6. The number of aromatic amines is 1. The molecule has 3 nitrogen and oxygen atoms in total. The number of hydrogen-bond donors (Lipinski definition) is 1. The molecule has 0 aliphatic carbocycles. The summed E-state index contributed by atoms with van der Waals surface area (Å²) in [6, 6.07) is 31.4. The number of anilines is 1. The average Bonchev–Trinajstić information content (AvgIpc) is 3.48. The summed E-state index contributed by atoms with van der Waals surface area (Å²) in [7, 11) is 0. The van der Waals surface area contributed by atoms with E-state index in [4.69, 9.17) is 16.7 Å². The van der Waals surface area contributed by atoms with Gasteiger partial charge in [-0.3, -0.25) is 5.01 Å². The number of nitrogens with zero attached hydrogens (tertiary/aromatic N) is 2. The van der Waals surface area contributed by atoms with E-state index in [0.29, 0.717) is 17.0 Å². The first kappa shape index (κ1) is 21.6. The Kier molecular flexibility index (Phi) is 5.39. The van der Waals surface area contributed by atoms with Gasteiger partial charge >= 0.3 is 0 Å². The third-order valence-electron chi connectivity index (χ3n) is 6.57. The lowest BCUT2D eigenvalue weighted by molar-refractivity contribution is 0.630. The van der Waals surface area contributed by atoms with Crippen LogP contribution in [0.3, 0.4) is 0 Å². The van der Waals surface area contributed by atoms with Crippen LogP contribution in [0.15, 0.2) is 102 Å². The Bertz CT molecular complexity index is 1550. The number of aromatic nitrogens is 1. The van der Waals surface area contributed by atoms with Crippen LogP contribution < -0.4 is 5.01 Å². The van der Waals surface area contributed by atoms with Gasteiger partial charge in [0, 0.05) is 33.5 Å².